The lowest BCUT2D eigenvalue weighted by Gasteiger charge is -2.33. The molecule has 1 aliphatic heterocycles. The van der Waals surface area contributed by atoms with Crippen LogP contribution in [0.3, 0.4) is 0 Å². The third-order valence-corrected chi connectivity index (χ3v) is 4.45. The van der Waals surface area contributed by atoms with E-state index in [9.17, 15) is 4.79 Å². The second-order valence-electron chi connectivity index (χ2n) is 6.72. The fourth-order valence-electron chi connectivity index (χ4n) is 3.01. The zero-order valence-corrected chi connectivity index (χ0v) is 15.4. The van der Waals surface area contributed by atoms with Crippen molar-refractivity contribution < 1.29 is 9.53 Å². The summed E-state index contributed by atoms with van der Waals surface area (Å²) < 4.78 is 5.81. The fraction of sp³-hybridized carbons (Fsp3) is 0.400. The molecule has 0 saturated carbocycles. The predicted molar refractivity (Wildman–Crippen MR) is 102 cm³/mol. The molecule has 1 N–H and O–H groups in total. The molecule has 1 saturated heterocycles. The zero-order chi connectivity index (χ0) is 18.4. The van der Waals surface area contributed by atoms with Crippen molar-refractivity contribution in [1.82, 2.24) is 15.2 Å². The molecule has 1 fully saturated rings. The molecule has 0 bridgehead atoms. The number of amides is 1. The first-order chi connectivity index (χ1) is 12.6. The van der Waals surface area contributed by atoms with E-state index in [-0.39, 0.29) is 12.0 Å². The van der Waals surface area contributed by atoms with Gasteiger partial charge in [-0.1, -0.05) is 30.3 Å². The van der Waals surface area contributed by atoms with Crippen LogP contribution in [0.15, 0.2) is 48.7 Å². The first-order valence-corrected chi connectivity index (χ1v) is 8.91. The molecule has 138 valence electrons. The summed E-state index contributed by atoms with van der Waals surface area (Å²) in [7, 11) is 3.88. The Morgan fingerprint density at radius 1 is 1.31 bits per heavy atom. The molecular formula is C20H26N4O2. The van der Waals surface area contributed by atoms with Gasteiger partial charge >= 0.3 is 0 Å². The summed E-state index contributed by atoms with van der Waals surface area (Å²) in [4.78, 5) is 20.8. The van der Waals surface area contributed by atoms with Crippen LogP contribution in [0.2, 0.25) is 0 Å². The second kappa shape index (κ2) is 8.78. The molecule has 0 unspecified atom stereocenters. The van der Waals surface area contributed by atoms with E-state index < -0.39 is 0 Å². The van der Waals surface area contributed by atoms with Gasteiger partial charge in [0.25, 0.3) is 5.91 Å². The van der Waals surface area contributed by atoms with Crippen molar-refractivity contribution in [1.29, 1.82) is 0 Å². The van der Waals surface area contributed by atoms with Gasteiger partial charge in [0, 0.05) is 52.2 Å². The van der Waals surface area contributed by atoms with Crippen molar-refractivity contribution >= 4 is 11.6 Å². The number of nitrogens with zero attached hydrogens (tertiary/aromatic N) is 3. The molecule has 1 aromatic heterocycles. The number of ether oxygens (including phenoxy) is 1. The fourth-order valence-corrected chi connectivity index (χ4v) is 3.01. The standard InChI is InChI=1S/C20H26N4O2/c1-23(2)17-8-9-21-19(12-17)20(25)22-13-18-15-24(10-11-26-18)14-16-6-4-3-5-7-16/h3-9,12,18H,10-11,13-15H2,1-2H3,(H,22,25)/t18-/m0/s1. The number of rotatable bonds is 6. The van der Waals surface area contributed by atoms with Crippen molar-refractivity contribution in [2.75, 3.05) is 45.2 Å². The van der Waals surface area contributed by atoms with Gasteiger partial charge in [0.1, 0.15) is 5.69 Å². The number of pyridine rings is 1. The van der Waals surface area contributed by atoms with E-state index >= 15 is 0 Å². The van der Waals surface area contributed by atoms with Crippen LogP contribution in [-0.4, -0.2) is 62.2 Å². The van der Waals surface area contributed by atoms with Gasteiger partial charge in [-0.05, 0) is 17.7 Å². The highest BCUT2D eigenvalue weighted by molar-refractivity contribution is 5.93. The zero-order valence-electron chi connectivity index (χ0n) is 15.4. The summed E-state index contributed by atoms with van der Waals surface area (Å²) in [6.07, 6.45) is 1.65. The number of nitrogens with one attached hydrogen (secondary N) is 1. The van der Waals surface area contributed by atoms with Gasteiger partial charge in [0.15, 0.2) is 0 Å². The summed E-state index contributed by atoms with van der Waals surface area (Å²) in [5, 5.41) is 2.95. The number of carbonyl (C=O) groups is 1. The Bertz CT molecular complexity index is 721. The van der Waals surface area contributed by atoms with Gasteiger partial charge in [-0.15, -0.1) is 0 Å². The molecule has 1 aromatic carbocycles. The van der Waals surface area contributed by atoms with E-state index in [1.165, 1.54) is 5.56 Å². The summed E-state index contributed by atoms with van der Waals surface area (Å²) in [5.74, 6) is -0.169. The summed E-state index contributed by atoms with van der Waals surface area (Å²) in [5.41, 5.74) is 2.67. The Hall–Kier alpha value is -2.44. The van der Waals surface area contributed by atoms with Crippen molar-refractivity contribution in [3.63, 3.8) is 0 Å². The number of hydrogen-bond acceptors (Lipinski definition) is 5. The molecule has 3 rings (SSSR count). The Labute approximate surface area is 154 Å². The molecule has 1 atom stereocenters. The maximum atomic E-state index is 12.4. The molecule has 6 nitrogen and oxygen atoms in total. The van der Waals surface area contributed by atoms with Crippen LogP contribution in [0.5, 0.6) is 0 Å². The molecule has 2 aromatic rings. The highest BCUT2D eigenvalue weighted by atomic mass is 16.5. The van der Waals surface area contributed by atoms with Crippen LogP contribution in [0, 0.1) is 0 Å². The Morgan fingerprint density at radius 3 is 2.88 bits per heavy atom. The number of benzene rings is 1. The molecule has 2 heterocycles. The minimum Gasteiger partial charge on any atom is -0.378 e. The second-order valence-corrected chi connectivity index (χ2v) is 6.72. The highest BCUT2D eigenvalue weighted by Crippen LogP contribution is 2.12. The number of anilines is 1. The number of hydrogen-bond donors (Lipinski definition) is 1. The topological polar surface area (TPSA) is 57.7 Å². The molecular weight excluding hydrogens is 328 g/mol. The van der Waals surface area contributed by atoms with Gasteiger partial charge in [-0.3, -0.25) is 14.7 Å². The lowest BCUT2D eigenvalue weighted by molar-refractivity contribution is -0.0292. The van der Waals surface area contributed by atoms with Gasteiger partial charge in [0.2, 0.25) is 0 Å². The molecule has 1 aliphatic rings. The van der Waals surface area contributed by atoms with Crippen LogP contribution in [0.25, 0.3) is 0 Å². The maximum absolute atomic E-state index is 12.4. The largest absolute Gasteiger partial charge is 0.378 e. The quantitative estimate of drug-likeness (QED) is 0.857. The van der Waals surface area contributed by atoms with Crippen molar-refractivity contribution in [3.05, 3.63) is 59.9 Å². The first kappa shape index (κ1) is 18.4. The van der Waals surface area contributed by atoms with Crippen LogP contribution in [0.1, 0.15) is 16.1 Å². The normalized spacial score (nSPS) is 17.7. The third-order valence-electron chi connectivity index (χ3n) is 4.45. The average molecular weight is 354 g/mol. The molecule has 1 amide bonds. The Kier molecular flexibility index (Phi) is 6.20. The average Bonchev–Trinajstić information content (AvgIpc) is 2.67. The summed E-state index contributed by atoms with van der Waals surface area (Å²) >= 11 is 0. The van der Waals surface area contributed by atoms with E-state index in [1.807, 2.05) is 31.1 Å². The summed E-state index contributed by atoms with van der Waals surface area (Å²) in [6.45, 7) is 3.78. The van der Waals surface area contributed by atoms with Crippen molar-refractivity contribution in [2.24, 2.45) is 0 Å². The monoisotopic (exact) mass is 354 g/mol. The number of aromatic nitrogens is 1. The highest BCUT2D eigenvalue weighted by Gasteiger charge is 2.21. The molecule has 0 aliphatic carbocycles. The van der Waals surface area contributed by atoms with E-state index in [0.29, 0.717) is 18.8 Å². The third kappa shape index (κ3) is 5.03. The van der Waals surface area contributed by atoms with E-state index in [0.717, 1.165) is 25.3 Å². The van der Waals surface area contributed by atoms with E-state index in [1.54, 1.807) is 12.3 Å². The molecule has 0 radical (unpaired) electrons. The lowest BCUT2D eigenvalue weighted by Crippen LogP contribution is -2.47. The lowest BCUT2D eigenvalue weighted by atomic mass is 10.2. The first-order valence-electron chi connectivity index (χ1n) is 8.91. The number of carbonyl (C=O) groups excluding carboxylic acids is 1. The Morgan fingerprint density at radius 2 is 2.12 bits per heavy atom. The van der Waals surface area contributed by atoms with Crippen LogP contribution in [0.4, 0.5) is 5.69 Å². The van der Waals surface area contributed by atoms with Gasteiger partial charge in [0.05, 0.1) is 12.7 Å². The predicted octanol–water partition coefficient (Wildman–Crippen LogP) is 1.78. The molecule has 26 heavy (non-hydrogen) atoms. The summed E-state index contributed by atoms with van der Waals surface area (Å²) in [6, 6.07) is 14.1. The van der Waals surface area contributed by atoms with Crippen LogP contribution in [-0.2, 0) is 11.3 Å². The minimum atomic E-state index is -0.169. The van der Waals surface area contributed by atoms with Gasteiger partial charge in [-0.2, -0.15) is 0 Å². The Balaban J connectivity index is 1.51. The maximum Gasteiger partial charge on any atom is 0.270 e. The molecule has 6 heteroatoms. The van der Waals surface area contributed by atoms with Crippen molar-refractivity contribution in [3.8, 4) is 0 Å². The minimum absolute atomic E-state index is 0.00607. The van der Waals surface area contributed by atoms with Crippen LogP contribution >= 0.6 is 0 Å². The SMILES string of the molecule is CN(C)c1ccnc(C(=O)NC[C@H]2CN(Cc3ccccc3)CCO2)c1. The van der Waals surface area contributed by atoms with Gasteiger partial charge in [-0.25, -0.2) is 0 Å². The van der Waals surface area contributed by atoms with Crippen molar-refractivity contribution in [2.45, 2.75) is 12.6 Å². The van der Waals surface area contributed by atoms with E-state index in [2.05, 4.69) is 39.5 Å². The van der Waals surface area contributed by atoms with E-state index in [4.69, 9.17) is 4.74 Å². The molecule has 0 spiro atoms. The van der Waals surface area contributed by atoms with Crippen LogP contribution < -0.4 is 10.2 Å². The number of morpholine rings is 1. The smallest absolute Gasteiger partial charge is 0.270 e. The van der Waals surface area contributed by atoms with Gasteiger partial charge < -0.3 is 15.0 Å².